The fraction of sp³-hybridized carbons (Fsp3) is 0.500. The second-order valence-corrected chi connectivity index (χ2v) is 6.55. The normalized spacial score (nSPS) is 13.4. The molecule has 8 heteroatoms. The second kappa shape index (κ2) is 6.78. The molecule has 1 aromatic rings. The summed E-state index contributed by atoms with van der Waals surface area (Å²) in [6.07, 6.45) is 0.470. The molecule has 1 atom stereocenters. The fourth-order valence-corrected chi connectivity index (χ4v) is 2.82. The van der Waals surface area contributed by atoms with Crippen molar-refractivity contribution in [3.8, 4) is 0 Å². The number of sulfonamides is 1. The molecule has 0 aromatic heterocycles. The van der Waals surface area contributed by atoms with Gasteiger partial charge in [0.2, 0.25) is 10.0 Å². The molecule has 0 heterocycles. The SMILES string of the molecule is CC(C)[C@H](N)CCNS(=O)(=O)c1ccccc1[N+](=O)[O-]. The topological polar surface area (TPSA) is 115 Å². The maximum Gasteiger partial charge on any atom is 0.289 e. The van der Waals surface area contributed by atoms with Crippen LogP contribution in [0, 0.1) is 16.0 Å². The molecule has 0 bridgehead atoms. The number of hydrogen-bond acceptors (Lipinski definition) is 5. The number of nitro benzene ring substituents is 1. The fourth-order valence-electron chi connectivity index (χ4n) is 1.61. The largest absolute Gasteiger partial charge is 0.327 e. The van der Waals surface area contributed by atoms with Crippen LogP contribution < -0.4 is 10.5 Å². The van der Waals surface area contributed by atoms with Crippen molar-refractivity contribution in [1.82, 2.24) is 4.72 Å². The monoisotopic (exact) mass is 301 g/mol. The van der Waals surface area contributed by atoms with Crippen molar-refractivity contribution in [3.05, 3.63) is 34.4 Å². The highest BCUT2D eigenvalue weighted by atomic mass is 32.2. The summed E-state index contributed by atoms with van der Waals surface area (Å²) in [5.74, 6) is 0.241. The average Bonchev–Trinajstić information content (AvgIpc) is 2.38. The van der Waals surface area contributed by atoms with Gasteiger partial charge in [-0.05, 0) is 18.4 Å². The Morgan fingerprint density at radius 3 is 2.50 bits per heavy atom. The van der Waals surface area contributed by atoms with Crippen LogP contribution >= 0.6 is 0 Å². The quantitative estimate of drug-likeness (QED) is 0.581. The van der Waals surface area contributed by atoms with Crippen molar-refractivity contribution in [2.75, 3.05) is 6.54 Å². The summed E-state index contributed by atoms with van der Waals surface area (Å²) in [5.41, 5.74) is 5.38. The third kappa shape index (κ3) is 4.26. The first-order valence-corrected chi connectivity index (χ1v) is 7.72. The predicted octanol–water partition coefficient (Wildman–Crippen LogP) is 1.25. The van der Waals surface area contributed by atoms with Crippen LogP contribution in [0.4, 0.5) is 5.69 Å². The van der Waals surface area contributed by atoms with Crippen LogP contribution in [-0.2, 0) is 10.0 Å². The van der Waals surface area contributed by atoms with E-state index in [4.69, 9.17) is 5.73 Å². The Labute approximate surface area is 118 Å². The number of benzene rings is 1. The molecule has 3 N–H and O–H groups in total. The zero-order valence-electron chi connectivity index (χ0n) is 11.4. The first kappa shape index (κ1) is 16.5. The highest BCUT2D eigenvalue weighted by Gasteiger charge is 2.24. The molecule has 1 rings (SSSR count). The number of nitrogens with one attached hydrogen (secondary N) is 1. The number of hydrogen-bond donors (Lipinski definition) is 2. The summed E-state index contributed by atoms with van der Waals surface area (Å²) >= 11 is 0. The zero-order valence-corrected chi connectivity index (χ0v) is 12.3. The molecule has 0 saturated carbocycles. The van der Waals surface area contributed by atoms with E-state index in [1.165, 1.54) is 18.2 Å². The minimum atomic E-state index is -3.90. The molecule has 1 aromatic carbocycles. The van der Waals surface area contributed by atoms with Crippen molar-refractivity contribution < 1.29 is 13.3 Å². The van der Waals surface area contributed by atoms with E-state index < -0.39 is 20.6 Å². The van der Waals surface area contributed by atoms with Crippen LogP contribution in [0.1, 0.15) is 20.3 Å². The number of nitrogens with zero attached hydrogens (tertiary/aromatic N) is 1. The van der Waals surface area contributed by atoms with Crippen molar-refractivity contribution >= 4 is 15.7 Å². The molecular formula is C12H19N3O4S. The van der Waals surface area contributed by atoms with Gasteiger partial charge in [0.05, 0.1) is 4.92 Å². The summed E-state index contributed by atoms with van der Waals surface area (Å²) in [6, 6.07) is 5.12. The highest BCUT2D eigenvalue weighted by Crippen LogP contribution is 2.22. The van der Waals surface area contributed by atoms with E-state index in [1.54, 1.807) is 0 Å². The molecule has 0 aliphatic carbocycles. The van der Waals surface area contributed by atoms with E-state index in [0.717, 1.165) is 6.07 Å². The van der Waals surface area contributed by atoms with E-state index in [0.29, 0.717) is 6.42 Å². The van der Waals surface area contributed by atoms with Crippen LogP contribution in [0.5, 0.6) is 0 Å². The lowest BCUT2D eigenvalue weighted by molar-refractivity contribution is -0.387. The highest BCUT2D eigenvalue weighted by molar-refractivity contribution is 7.89. The van der Waals surface area contributed by atoms with Crippen LogP contribution in [-0.4, -0.2) is 25.9 Å². The Balaban J connectivity index is 2.82. The Kier molecular flexibility index (Phi) is 5.61. The van der Waals surface area contributed by atoms with Gasteiger partial charge in [-0.2, -0.15) is 0 Å². The van der Waals surface area contributed by atoms with Crippen molar-refractivity contribution in [2.45, 2.75) is 31.2 Å². The summed E-state index contributed by atoms with van der Waals surface area (Å²) in [4.78, 5) is 9.79. The number of nitro groups is 1. The Morgan fingerprint density at radius 1 is 1.35 bits per heavy atom. The molecule has 112 valence electrons. The molecule has 0 saturated heterocycles. The maximum absolute atomic E-state index is 12.1. The Hall–Kier alpha value is -1.51. The van der Waals surface area contributed by atoms with E-state index in [9.17, 15) is 18.5 Å². The molecule has 0 amide bonds. The molecule has 0 aliphatic rings. The smallest absolute Gasteiger partial charge is 0.289 e. The van der Waals surface area contributed by atoms with Crippen molar-refractivity contribution in [1.29, 1.82) is 0 Å². The van der Waals surface area contributed by atoms with Crippen LogP contribution in [0.15, 0.2) is 29.2 Å². The van der Waals surface area contributed by atoms with Gasteiger partial charge in [0, 0.05) is 18.7 Å². The molecule has 0 fully saturated rings. The summed E-state index contributed by atoms with van der Waals surface area (Å²) in [5, 5.41) is 10.8. The lowest BCUT2D eigenvalue weighted by atomic mass is 10.0. The zero-order chi connectivity index (χ0) is 15.3. The van der Waals surface area contributed by atoms with E-state index in [-0.39, 0.29) is 23.4 Å². The standard InChI is InChI=1S/C12H19N3O4S/c1-9(2)10(13)7-8-14-20(18,19)12-6-4-3-5-11(12)15(16)17/h3-6,9-10,14H,7-8,13H2,1-2H3/t10-/m1/s1. The van der Waals surface area contributed by atoms with E-state index in [2.05, 4.69) is 4.72 Å². The molecule has 0 aliphatic heterocycles. The number of nitrogens with two attached hydrogens (primary N) is 1. The van der Waals surface area contributed by atoms with Gasteiger partial charge >= 0.3 is 0 Å². The molecule has 7 nitrogen and oxygen atoms in total. The third-order valence-electron chi connectivity index (χ3n) is 2.98. The maximum atomic E-state index is 12.1. The Morgan fingerprint density at radius 2 is 1.95 bits per heavy atom. The van der Waals surface area contributed by atoms with Crippen LogP contribution in [0.2, 0.25) is 0 Å². The Bertz CT molecular complexity index is 572. The lowest BCUT2D eigenvalue weighted by Crippen LogP contribution is -2.33. The summed E-state index contributed by atoms with van der Waals surface area (Å²) in [6.45, 7) is 4.04. The minimum absolute atomic E-state index is 0.122. The summed E-state index contributed by atoms with van der Waals surface area (Å²) in [7, 11) is -3.90. The van der Waals surface area contributed by atoms with Crippen LogP contribution in [0.3, 0.4) is 0 Å². The predicted molar refractivity (Wildman–Crippen MR) is 75.7 cm³/mol. The minimum Gasteiger partial charge on any atom is -0.327 e. The van der Waals surface area contributed by atoms with Gasteiger partial charge in [-0.15, -0.1) is 0 Å². The van der Waals surface area contributed by atoms with Gasteiger partial charge < -0.3 is 5.73 Å². The van der Waals surface area contributed by atoms with Gasteiger partial charge in [0.25, 0.3) is 5.69 Å². The first-order chi connectivity index (χ1) is 9.25. The molecule has 0 radical (unpaired) electrons. The molecule has 0 unspecified atom stereocenters. The van der Waals surface area contributed by atoms with Crippen LogP contribution in [0.25, 0.3) is 0 Å². The van der Waals surface area contributed by atoms with Gasteiger partial charge in [-0.25, -0.2) is 13.1 Å². The summed E-state index contributed by atoms with van der Waals surface area (Å²) < 4.78 is 26.4. The molecule has 20 heavy (non-hydrogen) atoms. The lowest BCUT2D eigenvalue weighted by Gasteiger charge is -2.15. The third-order valence-corrected chi connectivity index (χ3v) is 4.49. The van der Waals surface area contributed by atoms with Gasteiger partial charge in [-0.3, -0.25) is 10.1 Å². The van der Waals surface area contributed by atoms with Crippen molar-refractivity contribution in [2.24, 2.45) is 11.7 Å². The van der Waals surface area contributed by atoms with Gasteiger partial charge in [0.15, 0.2) is 4.90 Å². The van der Waals surface area contributed by atoms with E-state index >= 15 is 0 Å². The van der Waals surface area contributed by atoms with Gasteiger partial charge in [0.1, 0.15) is 0 Å². The average molecular weight is 301 g/mol. The molecule has 0 spiro atoms. The number of rotatable bonds is 7. The second-order valence-electron chi connectivity index (χ2n) is 4.82. The number of para-hydroxylation sites is 1. The van der Waals surface area contributed by atoms with Crippen molar-refractivity contribution in [3.63, 3.8) is 0 Å². The first-order valence-electron chi connectivity index (χ1n) is 6.24. The van der Waals surface area contributed by atoms with E-state index in [1.807, 2.05) is 13.8 Å². The van der Waals surface area contributed by atoms with Gasteiger partial charge in [-0.1, -0.05) is 26.0 Å². The molecular weight excluding hydrogens is 282 g/mol.